The Bertz CT molecular complexity index is 916. The summed E-state index contributed by atoms with van der Waals surface area (Å²) in [5.74, 6) is 0.176. The lowest BCUT2D eigenvalue weighted by atomic mass is 9.98. The summed E-state index contributed by atoms with van der Waals surface area (Å²) in [5.41, 5.74) is 9.26. The first-order valence-corrected chi connectivity index (χ1v) is 7.57. The van der Waals surface area contributed by atoms with Gasteiger partial charge in [0.05, 0.1) is 10.7 Å². The van der Waals surface area contributed by atoms with E-state index in [4.69, 9.17) is 28.9 Å². The van der Waals surface area contributed by atoms with Crippen molar-refractivity contribution in [2.24, 2.45) is 0 Å². The Morgan fingerprint density at radius 3 is 2.35 bits per heavy atom. The smallest absolute Gasteiger partial charge is 0.142 e. The molecule has 0 aliphatic carbocycles. The largest absolute Gasteiger partial charge is 0.383 e. The molecule has 0 saturated heterocycles. The highest BCUT2D eigenvalue weighted by atomic mass is 35.5. The van der Waals surface area contributed by atoms with E-state index in [9.17, 15) is 5.26 Å². The summed E-state index contributed by atoms with van der Waals surface area (Å²) in [5, 5.41) is 10.4. The van der Waals surface area contributed by atoms with Gasteiger partial charge in [0.15, 0.2) is 0 Å². The molecule has 1 heterocycles. The van der Waals surface area contributed by atoms with E-state index in [1.165, 1.54) is 0 Å². The van der Waals surface area contributed by atoms with Gasteiger partial charge < -0.3 is 5.73 Å². The topological polar surface area (TPSA) is 62.7 Å². The minimum Gasteiger partial charge on any atom is -0.383 e. The lowest BCUT2D eigenvalue weighted by molar-refractivity contribution is 1.31. The fourth-order valence-electron chi connectivity index (χ4n) is 2.36. The van der Waals surface area contributed by atoms with Crippen LogP contribution in [-0.4, -0.2) is 4.98 Å². The number of halogens is 2. The lowest BCUT2D eigenvalue weighted by Gasteiger charge is -2.11. The van der Waals surface area contributed by atoms with E-state index in [0.29, 0.717) is 26.9 Å². The Hall–Kier alpha value is -2.54. The third-order valence-corrected chi connectivity index (χ3v) is 4.00. The molecule has 112 valence electrons. The summed E-state index contributed by atoms with van der Waals surface area (Å²) in [7, 11) is 0. The molecule has 5 heteroatoms. The maximum absolute atomic E-state index is 9.40. The summed E-state index contributed by atoms with van der Waals surface area (Å²) in [6, 6.07) is 18.7. The molecule has 0 amide bonds. The molecule has 0 saturated carbocycles. The number of anilines is 1. The van der Waals surface area contributed by atoms with Crippen molar-refractivity contribution >= 4 is 29.0 Å². The van der Waals surface area contributed by atoms with Crippen molar-refractivity contribution in [3.05, 3.63) is 70.2 Å². The maximum Gasteiger partial charge on any atom is 0.142 e. The zero-order valence-corrected chi connectivity index (χ0v) is 13.4. The SMILES string of the molecule is N#Cc1c(-c2ccccc2)cc(-c2ccc(Cl)cc2Cl)nc1N. The second-order valence-electron chi connectivity index (χ2n) is 4.92. The van der Waals surface area contributed by atoms with Crippen molar-refractivity contribution in [2.45, 2.75) is 0 Å². The second-order valence-corrected chi connectivity index (χ2v) is 5.76. The van der Waals surface area contributed by atoms with E-state index >= 15 is 0 Å². The van der Waals surface area contributed by atoms with E-state index in [1.807, 2.05) is 36.4 Å². The molecule has 0 aliphatic heterocycles. The first kappa shape index (κ1) is 15.4. The number of rotatable bonds is 2. The van der Waals surface area contributed by atoms with Gasteiger partial charge in [-0.3, -0.25) is 0 Å². The van der Waals surface area contributed by atoms with E-state index in [1.54, 1.807) is 18.2 Å². The van der Waals surface area contributed by atoms with Crippen LogP contribution in [0.3, 0.4) is 0 Å². The van der Waals surface area contributed by atoms with Crippen LogP contribution in [0.5, 0.6) is 0 Å². The number of nitrogens with two attached hydrogens (primary N) is 1. The van der Waals surface area contributed by atoms with Crippen molar-refractivity contribution in [2.75, 3.05) is 5.73 Å². The van der Waals surface area contributed by atoms with Gasteiger partial charge in [0.2, 0.25) is 0 Å². The first-order chi connectivity index (χ1) is 11.1. The van der Waals surface area contributed by atoms with Crippen molar-refractivity contribution in [3.63, 3.8) is 0 Å². The molecule has 2 N–H and O–H groups in total. The Labute approximate surface area is 143 Å². The van der Waals surface area contributed by atoms with Gasteiger partial charge in [0.1, 0.15) is 17.5 Å². The number of hydrogen-bond acceptors (Lipinski definition) is 3. The average Bonchev–Trinajstić information content (AvgIpc) is 2.55. The number of nitrogen functional groups attached to an aromatic ring is 1. The number of pyridine rings is 1. The van der Waals surface area contributed by atoms with E-state index < -0.39 is 0 Å². The maximum atomic E-state index is 9.40. The van der Waals surface area contributed by atoms with Gasteiger partial charge in [-0.2, -0.15) is 5.26 Å². The van der Waals surface area contributed by atoms with E-state index in [0.717, 1.165) is 11.1 Å². The van der Waals surface area contributed by atoms with Gasteiger partial charge in [-0.1, -0.05) is 53.5 Å². The Morgan fingerprint density at radius 2 is 1.70 bits per heavy atom. The standard InChI is InChI=1S/C18H11Cl2N3/c19-12-6-7-13(16(20)8-12)17-9-14(11-4-2-1-3-5-11)15(10-21)18(22)23-17/h1-9H,(H2,22,23). The fraction of sp³-hybridized carbons (Fsp3) is 0. The van der Waals surface area contributed by atoms with Gasteiger partial charge in [0.25, 0.3) is 0 Å². The molecule has 3 nitrogen and oxygen atoms in total. The number of nitrogens with zero attached hydrogens (tertiary/aromatic N) is 2. The predicted molar refractivity (Wildman–Crippen MR) is 94.3 cm³/mol. The van der Waals surface area contributed by atoms with Crippen molar-refractivity contribution in [1.29, 1.82) is 5.26 Å². The van der Waals surface area contributed by atoms with Gasteiger partial charge in [-0.05, 0) is 29.8 Å². The first-order valence-electron chi connectivity index (χ1n) is 6.81. The monoisotopic (exact) mass is 339 g/mol. The highest BCUT2D eigenvalue weighted by Gasteiger charge is 2.14. The van der Waals surface area contributed by atoms with Crippen LogP contribution in [0.15, 0.2) is 54.6 Å². The predicted octanol–water partition coefficient (Wildman–Crippen LogP) is 5.18. The second kappa shape index (κ2) is 6.29. The van der Waals surface area contributed by atoms with Crippen LogP contribution >= 0.6 is 23.2 Å². The molecule has 0 radical (unpaired) electrons. The lowest BCUT2D eigenvalue weighted by Crippen LogP contribution is -2.00. The van der Waals surface area contributed by atoms with Crippen LogP contribution in [0, 0.1) is 11.3 Å². The molecule has 0 fully saturated rings. The molecule has 0 spiro atoms. The van der Waals surface area contributed by atoms with Gasteiger partial charge in [0, 0.05) is 16.1 Å². The molecule has 0 bridgehead atoms. The molecule has 2 aromatic carbocycles. The molecule has 23 heavy (non-hydrogen) atoms. The minimum atomic E-state index is 0.176. The highest BCUT2D eigenvalue weighted by Crippen LogP contribution is 2.34. The van der Waals surface area contributed by atoms with Crippen LogP contribution in [0.2, 0.25) is 10.0 Å². The summed E-state index contributed by atoms with van der Waals surface area (Å²) < 4.78 is 0. The molecular weight excluding hydrogens is 329 g/mol. The molecular formula is C18H11Cl2N3. The van der Waals surface area contributed by atoms with Crippen molar-refractivity contribution in [1.82, 2.24) is 4.98 Å². The molecule has 0 aliphatic rings. The molecule has 0 atom stereocenters. The number of nitriles is 1. The normalized spacial score (nSPS) is 10.3. The average molecular weight is 340 g/mol. The van der Waals surface area contributed by atoms with Crippen LogP contribution in [-0.2, 0) is 0 Å². The summed E-state index contributed by atoms with van der Waals surface area (Å²) in [6.07, 6.45) is 0. The minimum absolute atomic E-state index is 0.176. The molecule has 0 unspecified atom stereocenters. The fourth-order valence-corrected chi connectivity index (χ4v) is 2.87. The van der Waals surface area contributed by atoms with E-state index in [-0.39, 0.29) is 5.82 Å². The summed E-state index contributed by atoms with van der Waals surface area (Å²) >= 11 is 12.2. The summed E-state index contributed by atoms with van der Waals surface area (Å²) in [4.78, 5) is 4.32. The zero-order chi connectivity index (χ0) is 16.4. The quantitative estimate of drug-likeness (QED) is 0.699. The zero-order valence-electron chi connectivity index (χ0n) is 11.9. The van der Waals surface area contributed by atoms with Crippen LogP contribution in [0.4, 0.5) is 5.82 Å². The van der Waals surface area contributed by atoms with Crippen LogP contribution in [0.1, 0.15) is 5.56 Å². The third kappa shape index (κ3) is 3.00. The third-order valence-electron chi connectivity index (χ3n) is 3.45. The Kier molecular flexibility index (Phi) is 4.20. The Morgan fingerprint density at radius 1 is 0.957 bits per heavy atom. The van der Waals surface area contributed by atoms with Gasteiger partial charge in [-0.25, -0.2) is 4.98 Å². The molecule has 3 aromatic rings. The van der Waals surface area contributed by atoms with E-state index in [2.05, 4.69) is 11.1 Å². The van der Waals surface area contributed by atoms with Crippen molar-refractivity contribution < 1.29 is 0 Å². The van der Waals surface area contributed by atoms with Crippen LogP contribution in [0.25, 0.3) is 22.4 Å². The number of benzene rings is 2. The van der Waals surface area contributed by atoms with Gasteiger partial charge in [-0.15, -0.1) is 0 Å². The molecule has 1 aromatic heterocycles. The van der Waals surface area contributed by atoms with Gasteiger partial charge >= 0.3 is 0 Å². The van der Waals surface area contributed by atoms with Crippen LogP contribution < -0.4 is 5.73 Å². The highest BCUT2D eigenvalue weighted by molar-refractivity contribution is 6.36. The summed E-state index contributed by atoms with van der Waals surface area (Å²) in [6.45, 7) is 0. The number of aromatic nitrogens is 1. The molecule has 3 rings (SSSR count). The number of hydrogen-bond donors (Lipinski definition) is 1. The Balaban J connectivity index is 2.25. The van der Waals surface area contributed by atoms with Crippen molar-refractivity contribution in [3.8, 4) is 28.5 Å².